The lowest BCUT2D eigenvalue weighted by atomic mass is 9.96. The average molecular weight is 576 g/mol. The number of rotatable bonds is 9. The molecule has 2 heterocycles. The summed E-state index contributed by atoms with van der Waals surface area (Å²) < 4.78 is 44.1. The van der Waals surface area contributed by atoms with Crippen molar-refractivity contribution in [3.05, 3.63) is 59.6 Å². The molecule has 0 saturated carbocycles. The summed E-state index contributed by atoms with van der Waals surface area (Å²) in [6.07, 6.45) is -1.52. The van der Waals surface area contributed by atoms with Crippen molar-refractivity contribution in [2.24, 2.45) is 4.99 Å². The summed E-state index contributed by atoms with van der Waals surface area (Å²) in [5, 5.41) is 13.4. The number of hydrogen-bond acceptors (Lipinski definition) is 4. The van der Waals surface area contributed by atoms with Crippen LogP contribution in [0.2, 0.25) is 0 Å². The third-order valence-corrected chi connectivity index (χ3v) is 4.89. The molecule has 0 aliphatic heterocycles. The predicted molar refractivity (Wildman–Crippen MR) is 132 cm³/mol. The van der Waals surface area contributed by atoms with Gasteiger partial charge in [-0.15, -0.1) is 24.0 Å². The number of nitrogens with zero attached hydrogens (tertiary/aromatic N) is 3. The van der Waals surface area contributed by atoms with Crippen LogP contribution in [-0.4, -0.2) is 40.8 Å². The Kier molecular flexibility index (Phi) is 10.2. The van der Waals surface area contributed by atoms with E-state index in [4.69, 9.17) is 4.42 Å². The lowest BCUT2D eigenvalue weighted by Gasteiger charge is -2.14. The van der Waals surface area contributed by atoms with Gasteiger partial charge in [0.05, 0.1) is 11.8 Å². The Balaban J connectivity index is 0.00000385. The summed E-state index contributed by atoms with van der Waals surface area (Å²) in [5.74, 6) is 2.44. The van der Waals surface area contributed by atoms with Crippen LogP contribution in [0.25, 0.3) is 11.6 Å². The van der Waals surface area contributed by atoms with Crippen LogP contribution in [0.1, 0.15) is 43.1 Å². The molecule has 2 aromatic heterocycles. The molecule has 0 saturated heterocycles. The third kappa shape index (κ3) is 8.06. The smallest absolute Gasteiger partial charge is 0.416 e. The van der Waals surface area contributed by atoms with Crippen molar-refractivity contribution in [1.29, 1.82) is 0 Å². The fourth-order valence-electron chi connectivity index (χ4n) is 3.12. The first-order chi connectivity index (χ1) is 15.4. The Morgan fingerprint density at radius 2 is 2.03 bits per heavy atom. The quantitative estimate of drug-likeness (QED) is 0.190. The van der Waals surface area contributed by atoms with Crippen LogP contribution < -0.4 is 10.6 Å². The highest BCUT2D eigenvalue weighted by molar-refractivity contribution is 14.0. The number of guanidine groups is 1. The van der Waals surface area contributed by atoms with Crippen molar-refractivity contribution in [2.45, 2.75) is 38.8 Å². The van der Waals surface area contributed by atoms with Gasteiger partial charge in [-0.3, -0.25) is 10.1 Å². The molecule has 1 atom stereocenters. The van der Waals surface area contributed by atoms with E-state index in [0.29, 0.717) is 55.6 Å². The minimum absolute atomic E-state index is 0. The minimum Gasteiger partial charge on any atom is -0.461 e. The van der Waals surface area contributed by atoms with Crippen LogP contribution in [0.4, 0.5) is 13.2 Å². The fourth-order valence-corrected chi connectivity index (χ4v) is 3.12. The molecule has 3 rings (SSSR count). The Morgan fingerprint density at radius 1 is 1.21 bits per heavy atom. The van der Waals surface area contributed by atoms with Gasteiger partial charge in [0.25, 0.3) is 0 Å². The van der Waals surface area contributed by atoms with E-state index in [1.54, 1.807) is 24.5 Å². The molecule has 11 heteroatoms. The Morgan fingerprint density at radius 3 is 2.73 bits per heavy atom. The number of halogens is 4. The molecule has 0 aliphatic rings. The van der Waals surface area contributed by atoms with Crippen LogP contribution in [0, 0.1) is 0 Å². The molecule has 0 spiro atoms. The molecule has 0 aliphatic carbocycles. The van der Waals surface area contributed by atoms with Crippen molar-refractivity contribution in [2.75, 3.05) is 19.6 Å². The van der Waals surface area contributed by atoms with E-state index in [-0.39, 0.29) is 29.9 Å². The number of aromatic amines is 1. The van der Waals surface area contributed by atoms with Gasteiger partial charge in [0, 0.05) is 26.1 Å². The first kappa shape index (κ1) is 26.7. The van der Waals surface area contributed by atoms with E-state index >= 15 is 0 Å². The molecule has 180 valence electrons. The fraction of sp³-hybridized carbons (Fsp3) is 0.409. The van der Waals surface area contributed by atoms with Crippen LogP contribution in [0.15, 0.2) is 52.1 Å². The van der Waals surface area contributed by atoms with Gasteiger partial charge in [0.1, 0.15) is 5.82 Å². The lowest BCUT2D eigenvalue weighted by molar-refractivity contribution is -0.137. The summed E-state index contributed by atoms with van der Waals surface area (Å²) in [7, 11) is 0. The lowest BCUT2D eigenvalue weighted by Crippen LogP contribution is -2.38. The zero-order valence-electron chi connectivity index (χ0n) is 18.4. The molecule has 33 heavy (non-hydrogen) atoms. The molecule has 1 aromatic carbocycles. The highest BCUT2D eigenvalue weighted by Crippen LogP contribution is 2.31. The van der Waals surface area contributed by atoms with Crippen LogP contribution >= 0.6 is 24.0 Å². The van der Waals surface area contributed by atoms with Gasteiger partial charge < -0.3 is 15.1 Å². The number of alkyl halides is 3. The second-order valence-corrected chi connectivity index (χ2v) is 7.33. The first-order valence-corrected chi connectivity index (χ1v) is 10.5. The minimum atomic E-state index is -4.34. The Hall–Kier alpha value is -2.57. The number of aliphatic imine (C=N–C) groups is 1. The Labute approximate surface area is 207 Å². The van der Waals surface area contributed by atoms with Gasteiger partial charge in [-0.05, 0) is 43.0 Å². The van der Waals surface area contributed by atoms with E-state index in [1.807, 2.05) is 13.8 Å². The topological polar surface area (TPSA) is 91.1 Å². The normalized spacial score (nSPS) is 12.8. The zero-order chi connectivity index (χ0) is 23.0. The van der Waals surface area contributed by atoms with Gasteiger partial charge in [-0.2, -0.15) is 18.3 Å². The van der Waals surface area contributed by atoms with Gasteiger partial charge in [-0.1, -0.05) is 25.1 Å². The van der Waals surface area contributed by atoms with Crippen molar-refractivity contribution in [1.82, 2.24) is 25.8 Å². The predicted octanol–water partition coefficient (Wildman–Crippen LogP) is 4.99. The van der Waals surface area contributed by atoms with Gasteiger partial charge in [0.15, 0.2) is 11.7 Å². The van der Waals surface area contributed by atoms with E-state index < -0.39 is 11.7 Å². The van der Waals surface area contributed by atoms with Crippen molar-refractivity contribution in [3.63, 3.8) is 0 Å². The molecular weight excluding hydrogens is 548 g/mol. The van der Waals surface area contributed by atoms with Gasteiger partial charge >= 0.3 is 6.18 Å². The number of nitrogens with one attached hydrogen (secondary N) is 3. The van der Waals surface area contributed by atoms with Crippen molar-refractivity contribution in [3.8, 4) is 11.6 Å². The molecule has 0 fully saturated rings. The summed E-state index contributed by atoms with van der Waals surface area (Å²) in [5.41, 5.74) is 0.0358. The summed E-state index contributed by atoms with van der Waals surface area (Å²) in [6, 6.07) is 9.05. The molecular formula is C22H28F3IN6O. The Bertz CT molecular complexity index is 1000. The number of furan rings is 1. The van der Waals surface area contributed by atoms with E-state index in [2.05, 4.69) is 30.8 Å². The van der Waals surface area contributed by atoms with Crippen LogP contribution in [-0.2, 0) is 12.6 Å². The van der Waals surface area contributed by atoms with E-state index in [9.17, 15) is 13.2 Å². The van der Waals surface area contributed by atoms with Gasteiger partial charge in [0.2, 0.25) is 5.82 Å². The molecule has 0 radical (unpaired) electrons. The largest absolute Gasteiger partial charge is 0.461 e. The monoisotopic (exact) mass is 576 g/mol. The van der Waals surface area contributed by atoms with Crippen molar-refractivity contribution >= 4 is 29.9 Å². The number of benzene rings is 1. The highest BCUT2D eigenvalue weighted by atomic mass is 127. The third-order valence-electron chi connectivity index (χ3n) is 4.89. The molecule has 3 N–H and O–H groups in total. The average Bonchev–Trinajstić information content (AvgIpc) is 3.45. The summed E-state index contributed by atoms with van der Waals surface area (Å²) >= 11 is 0. The molecule has 1 unspecified atom stereocenters. The maximum Gasteiger partial charge on any atom is 0.416 e. The highest BCUT2D eigenvalue weighted by Gasteiger charge is 2.30. The maximum absolute atomic E-state index is 12.9. The number of aromatic nitrogens is 3. The second-order valence-electron chi connectivity index (χ2n) is 7.33. The summed E-state index contributed by atoms with van der Waals surface area (Å²) in [6.45, 7) is 5.64. The SMILES string of the molecule is CCNC(=NCCC(C)c1cccc(C(F)(F)F)c1)NCCc1nc(-c2ccco2)n[nH]1.I. The number of H-pyrrole nitrogens is 1. The molecule has 0 amide bonds. The molecule has 0 bridgehead atoms. The first-order valence-electron chi connectivity index (χ1n) is 10.5. The number of hydrogen-bond donors (Lipinski definition) is 3. The van der Waals surface area contributed by atoms with Gasteiger partial charge in [-0.25, -0.2) is 4.98 Å². The maximum atomic E-state index is 12.9. The van der Waals surface area contributed by atoms with Crippen LogP contribution in [0.3, 0.4) is 0 Å². The summed E-state index contributed by atoms with van der Waals surface area (Å²) in [4.78, 5) is 8.94. The molecule has 3 aromatic rings. The van der Waals surface area contributed by atoms with Crippen molar-refractivity contribution < 1.29 is 17.6 Å². The second kappa shape index (κ2) is 12.6. The zero-order valence-corrected chi connectivity index (χ0v) is 20.8. The standard InChI is InChI=1S/C22H27F3N6O.HI/c1-3-26-21(28-12-10-19-29-20(31-30-19)18-8-5-13-32-18)27-11-9-15(2)16-6-4-7-17(14-16)22(23,24)25;/h4-8,13-15H,3,9-12H2,1-2H3,(H2,26,27,28)(H,29,30,31);1H. The van der Waals surface area contributed by atoms with Crippen LogP contribution in [0.5, 0.6) is 0 Å². The molecule has 7 nitrogen and oxygen atoms in total. The van der Waals surface area contributed by atoms with E-state index in [1.165, 1.54) is 12.1 Å². The van der Waals surface area contributed by atoms with E-state index in [0.717, 1.165) is 11.9 Å².